The van der Waals surface area contributed by atoms with E-state index in [4.69, 9.17) is 9.47 Å². The van der Waals surface area contributed by atoms with Crippen LogP contribution in [0.1, 0.15) is 24.1 Å². The lowest BCUT2D eigenvalue weighted by Crippen LogP contribution is -2.41. The number of benzene rings is 3. The van der Waals surface area contributed by atoms with Crippen LogP contribution in [0.25, 0.3) is 0 Å². The Morgan fingerprint density at radius 2 is 1.55 bits per heavy atom. The molecule has 0 fully saturated rings. The van der Waals surface area contributed by atoms with E-state index < -0.39 is 15.9 Å². The van der Waals surface area contributed by atoms with Crippen molar-refractivity contribution in [1.29, 1.82) is 0 Å². The van der Waals surface area contributed by atoms with Crippen LogP contribution in [-0.2, 0) is 21.4 Å². The van der Waals surface area contributed by atoms with Gasteiger partial charge in [0.1, 0.15) is 11.5 Å². The van der Waals surface area contributed by atoms with E-state index in [0.717, 1.165) is 11.1 Å². The predicted molar refractivity (Wildman–Crippen MR) is 127 cm³/mol. The van der Waals surface area contributed by atoms with E-state index in [2.05, 4.69) is 5.32 Å². The van der Waals surface area contributed by atoms with Gasteiger partial charge in [-0.05, 0) is 42.8 Å². The van der Waals surface area contributed by atoms with Crippen LogP contribution in [0.5, 0.6) is 11.5 Å². The summed E-state index contributed by atoms with van der Waals surface area (Å²) in [6.45, 7) is 1.56. The molecule has 3 aromatic carbocycles. The molecule has 0 unspecified atom stereocenters. The summed E-state index contributed by atoms with van der Waals surface area (Å²) in [5, 5.41) is 2.88. The lowest BCUT2D eigenvalue weighted by atomic mass is 10.1. The van der Waals surface area contributed by atoms with E-state index in [1.54, 1.807) is 19.2 Å². The normalized spacial score (nSPS) is 12.2. The fraction of sp³-hybridized carbons (Fsp3) is 0.240. The highest BCUT2D eigenvalue weighted by Crippen LogP contribution is 2.25. The molecule has 8 heteroatoms. The molecule has 0 radical (unpaired) electrons. The molecule has 0 aliphatic rings. The number of carbonyl (C=O) groups excluding carboxylic acids is 1. The third-order valence-electron chi connectivity index (χ3n) is 5.20. The van der Waals surface area contributed by atoms with Crippen LogP contribution in [0, 0.1) is 0 Å². The first-order chi connectivity index (χ1) is 15.8. The first-order valence-electron chi connectivity index (χ1n) is 10.5. The average Bonchev–Trinajstić information content (AvgIpc) is 2.84. The molecule has 174 valence electrons. The summed E-state index contributed by atoms with van der Waals surface area (Å²) >= 11 is 0. The third kappa shape index (κ3) is 6.12. The van der Waals surface area contributed by atoms with Crippen molar-refractivity contribution in [3.8, 4) is 11.5 Å². The molecule has 0 aromatic heterocycles. The molecule has 0 saturated heterocycles. The molecule has 1 amide bonds. The van der Waals surface area contributed by atoms with Gasteiger partial charge in [0.25, 0.3) is 0 Å². The molecule has 0 saturated carbocycles. The molecule has 0 spiro atoms. The van der Waals surface area contributed by atoms with Gasteiger partial charge in [0, 0.05) is 12.1 Å². The van der Waals surface area contributed by atoms with Gasteiger partial charge in [-0.15, -0.1) is 0 Å². The van der Waals surface area contributed by atoms with Crippen molar-refractivity contribution in [2.24, 2.45) is 0 Å². The van der Waals surface area contributed by atoms with E-state index in [-0.39, 0.29) is 24.0 Å². The Kier molecular flexibility index (Phi) is 8.08. The molecule has 0 aliphatic heterocycles. The highest BCUT2D eigenvalue weighted by molar-refractivity contribution is 7.89. The van der Waals surface area contributed by atoms with E-state index in [0.29, 0.717) is 11.5 Å². The highest BCUT2D eigenvalue weighted by Gasteiger charge is 2.28. The number of para-hydroxylation sites is 1. The molecule has 33 heavy (non-hydrogen) atoms. The van der Waals surface area contributed by atoms with Crippen LogP contribution in [0.3, 0.4) is 0 Å². The van der Waals surface area contributed by atoms with E-state index in [1.165, 1.54) is 23.5 Å². The summed E-state index contributed by atoms with van der Waals surface area (Å²) < 4.78 is 38.5. The smallest absolute Gasteiger partial charge is 0.243 e. The number of amides is 1. The van der Waals surface area contributed by atoms with Crippen molar-refractivity contribution in [3.05, 3.63) is 90.0 Å². The number of hydrogen-bond acceptors (Lipinski definition) is 5. The minimum absolute atomic E-state index is 0.0612. The van der Waals surface area contributed by atoms with Gasteiger partial charge in [-0.3, -0.25) is 4.79 Å². The van der Waals surface area contributed by atoms with E-state index in [9.17, 15) is 13.2 Å². The second-order valence-electron chi connectivity index (χ2n) is 7.47. The number of sulfonamides is 1. The van der Waals surface area contributed by atoms with Gasteiger partial charge in [-0.1, -0.05) is 48.5 Å². The highest BCUT2D eigenvalue weighted by atomic mass is 32.2. The van der Waals surface area contributed by atoms with Gasteiger partial charge in [0.05, 0.1) is 31.7 Å². The van der Waals surface area contributed by atoms with Gasteiger partial charge in [0.15, 0.2) is 0 Å². The summed E-state index contributed by atoms with van der Waals surface area (Å²) in [7, 11) is -0.862. The first-order valence-corrected chi connectivity index (χ1v) is 11.9. The Morgan fingerprint density at radius 1 is 0.909 bits per heavy atom. The minimum Gasteiger partial charge on any atom is -0.497 e. The molecule has 1 atom stereocenters. The quantitative estimate of drug-likeness (QED) is 0.490. The maximum Gasteiger partial charge on any atom is 0.243 e. The van der Waals surface area contributed by atoms with Crippen LogP contribution in [0.2, 0.25) is 0 Å². The molecular weight excluding hydrogens is 440 g/mol. The summed E-state index contributed by atoms with van der Waals surface area (Å²) in [5.74, 6) is 0.783. The number of carbonyl (C=O) groups is 1. The maximum atomic E-state index is 13.4. The fourth-order valence-corrected chi connectivity index (χ4v) is 4.84. The summed E-state index contributed by atoms with van der Waals surface area (Å²) in [6.07, 6.45) is 0. The average molecular weight is 469 g/mol. The molecule has 1 N–H and O–H groups in total. The van der Waals surface area contributed by atoms with Crippen molar-refractivity contribution >= 4 is 15.9 Å². The van der Waals surface area contributed by atoms with Gasteiger partial charge in [-0.2, -0.15) is 4.31 Å². The predicted octanol–water partition coefficient (Wildman–Crippen LogP) is 3.77. The number of nitrogens with zero attached hydrogens (tertiary/aromatic N) is 1. The summed E-state index contributed by atoms with van der Waals surface area (Å²) in [5.41, 5.74) is 1.58. The SMILES string of the molecule is COc1ccc(S(=O)(=O)N(CC(=O)N[C@H](C)c2ccccc2OC)Cc2ccccc2)cc1. The zero-order chi connectivity index (χ0) is 23.8. The number of nitrogens with one attached hydrogen (secondary N) is 1. The molecule has 7 nitrogen and oxygen atoms in total. The molecule has 0 aliphatic carbocycles. The standard InChI is InChI=1S/C25H28N2O5S/c1-19(23-11-7-8-12-24(23)32-3)26-25(28)18-27(17-20-9-5-4-6-10-20)33(29,30)22-15-13-21(31-2)14-16-22/h4-16,19H,17-18H2,1-3H3,(H,26,28)/t19-/m1/s1. The fourth-order valence-electron chi connectivity index (χ4n) is 3.46. The van der Waals surface area contributed by atoms with Crippen molar-refractivity contribution in [2.45, 2.75) is 24.4 Å². The van der Waals surface area contributed by atoms with Gasteiger partial charge >= 0.3 is 0 Å². The topological polar surface area (TPSA) is 84.9 Å². The van der Waals surface area contributed by atoms with Crippen LogP contribution >= 0.6 is 0 Å². The Balaban J connectivity index is 1.83. The Bertz CT molecular complexity index is 1160. The van der Waals surface area contributed by atoms with Crippen LogP contribution in [0.15, 0.2) is 83.8 Å². The zero-order valence-corrected chi connectivity index (χ0v) is 19.7. The lowest BCUT2D eigenvalue weighted by Gasteiger charge is -2.24. The first kappa shape index (κ1) is 24.3. The van der Waals surface area contributed by atoms with Crippen LogP contribution in [0.4, 0.5) is 0 Å². The van der Waals surface area contributed by atoms with Crippen LogP contribution < -0.4 is 14.8 Å². The molecule has 0 heterocycles. The third-order valence-corrected chi connectivity index (χ3v) is 7.01. The molecular formula is C25H28N2O5S. The zero-order valence-electron chi connectivity index (χ0n) is 18.9. The van der Waals surface area contributed by atoms with Crippen LogP contribution in [-0.4, -0.2) is 39.4 Å². The summed E-state index contributed by atoms with van der Waals surface area (Å²) in [6, 6.07) is 22.3. The Morgan fingerprint density at radius 3 is 2.18 bits per heavy atom. The number of methoxy groups -OCH3 is 2. The van der Waals surface area contributed by atoms with Crippen molar-refractivity contribution < 1.29 is 22.7 Å². The monoisotopic (exact) mass is 468 g/mol. The van der Waals surface area contributed by atoms with Gasteiger partial charge in [-0.25, -0.2) is 8.42 Å². The number of ether oxygens (including phenoxy) is 2. The Hall–Kier alpha value is -3.36. The number of hydrogen-bond donors (Lipinski definition) is 1. The Labute approximate surface area is 195 Å². The lowest BCUT2D eigenvalue weighted by molar-refractivity contribution is -0.122. The van der Waals surface area contributed by atoms with Crippen molar-refractivity contribution in [1.82, 2.24) is 9.62 Å². The van der Waals surface area contributed by atoms with E-state index in [1.807, 2.05) is 61.5 Å². The van der Waals surface area contributed by atoms with E-state index >= 15 is 0 Å². The molecule has 0 bridgehead atoms. The van der Waals surface area contributed by atoms with Gasteiger partial charge in [0.2, 0.25) is 15.9 Å². The van der Waals surface area contributed by atoms with Gasteiger partial charge < -0.3 is 14.8 Å². The maximum absolute atomic E-state index is 13.4. The summed E-state index contributed by atoms with van der Waals surface area (Å²) in [4.78, 5) is 13.0. The largest absolute Gasteiger partial charge is 0.497 e. The van der Waals surface area contributed by atoms with Crippen molar-refractivity contribution in [3.63, 3.8) is 0 Å². The number of rotatable bonds is 10. The van der Waals surface area contributed by atoms with Crippen molar-refractivity contribution in [2.75, 3.05) is 20.8 Å². The second kappa shape index (κ2) is 11.0. The molecule has 3 rings (SSSR count). The molecule has 3 aromatic rings. The minimum atomic E-state index is -3.94. The second-order valence-corrected chi connectivity index (χ2v) is 9.40.